The van der Waals surface area contributed by atoms with Crippen LogP contribution >= 0.6 is 0 Å². The van der Waals surface area contributed by atoms with E-state index < -0.39 is 5.60 Å². The Labute approximate surface area is 148 Å². The van der Waals surface area contributed by atoms with Crippen LogP contribution in [0.3, 0.4) is 0 Å². The SMILES string of the molecule is Cc1ccc(C2(c3ccc(C)cc3)OC(=O)c3cc(C)ccc32)cc1. The smallest absolute Gasteiger partial charge is 0.340 e. The minimum absolute atomic E-state index is 0.264. The molecule has 4 rings (SSSR count). The Balaban J connectivity index is 2.03. The third-order valence-electron chi connectivity index (χ3n) is 4.94. The van der Waals surface area contributed by atoms with Crippen molar-refractivity contribution in [1.29, 1.82) is 0 Å². The topological polar surface area (TPSA) is 26.3 Å². The molecule has 0 unspecified atom stereocenters. The molecule has 0 aliphatic carbocycles. The Bertz CT molecular complexity index is 905. The lowest BCUT2D eigenvalue weighted by Crippen LogP contribution is -2.29. The first-order chi connectivity index (χ1) is 12.0. The van der Waals surface area contributed by atoms with Crippen LogP contribution in [-0.4, -0.2) is 5.97 Å². The summed E-state index contributed by atoms with van der Waals surface area (Å²) in [6.45, 7) is 6.10. The molecule has 1 aliphatic rings. The maximum Gasteiger partial charge on any atom is 0.340 e. The Morgan fingerprint density at radius 3 is 1.68 bits per heavy atom. The van der Waals surface area contributed by atoms with Gasteiger partial charge in [-0.3, -0.25) is 0 Å². The van der Waals surface area contributed by atoms with Crippen LogP contribution in [0.5, 0.6) is 0 Å². The van der Waals surface area contributed by atoms with Gasteiger partial charge in [-0.1, -0.05) is 77.4 Å². The van der Waals surface area contributed by atoms with Crippen LogP contribution in [0.15, 0.2) is 66.7 Å². The number of aryl methyl sites for hydroxylation is 3. The molecule has 0 saturated carbocycles. The molecule has 2 heteroatoms. The van der Waals surface area contributed by atoms with Gasteiger partial charge in [0, 0.05) is 16.7 Å². The van der Waals surface area contributed by atoms with Crippen LogP contribution in [0, 0.1) is 20.8 Å². The molecule has 0 aromatic heterocycles. The van der Waals surface area contributed by atoms with E-state index in [9.17, 15) is 4.79 Å². The Kier molecular flexibility index (Phi) is 3.50. The highest BCUT2D eigenvalue weighted by Gasteiger charge is 2.48. The molecular weight excluding hydrogens is 308 g/mol. The first-order valence-corrected chi connectivity index (χ1v) is 8.49. The van der Waals surface area contributed by atoms with Gasteiger partial charge in [-0.2, -0.15) is 0 Å². The molecule has 0 N–H and O–H groups in total. The van der Waals surface area contributed by atoms with Crippen molar-refractivity contribution in [2.45, 2.75) is 26.4 Å². The lowest BCUT2D eigenvalue weighted by Gasteiger charge is -2.30. The molecule has 0 bridgehead atoms. The zero-order valence-electron chi connectivity index (χ0n) is 14.7. The first kappa shape index (κ1) is 15.6. The van der Waals surface area contributed by atoms with Gasteiger partial charge in [-0.15, -0.1) is 0 Å². The van der Waals surface area contributed by atoms with Crippen molar-refractivity contribution < 1.29 is 9.53 Å². The van der Waals surface area contributed by atoms with Gasteiger partial charge in [0.05, 0.1) is 5.56 Å². The predicted molar refractivity (Wildman–Crippen MR) is 98.8 cm³/mol. The van der Waals surface area contributed by atoms with E-state index in [0.29, 0.717) is 5.56 Å². The van der Waals surface area contributed by atoms with Gasteiger partial charge in [0.1, 0.15) is 0 Å². The van der Waals surface area contributed by atoms with Gasteiger partial charge in [0.2, 0.25) is 0 Å². The van der Waals surface area contributed by atoms with Gasteiger partial charge in [-0.25, -0.2) is 4.79 Å². The van der Waals surface area contributed by atoms with Gasteiger partial charge in [-0.05, 0) is 26.8 Å². The zero-order chi connectivity index (χ0) is 17.6. The number of ether oxygens (including phenoxy) is 1. The first-order valence-electron chi connectivity index (χ1n) is 8.49. The molecule has 0 amide bonds. The lowest BCUT2D eigenvalue weighted by molar-refractivity contribution is 0.0251. The van der Waals surface area contributed by atoms with E-state index in [1.165, 1.54) is 11.1 Å². The fraction of sp³-hybridized carbons (Fsp3) is 0.174. The second kappa shape index (κ2) is 5.59. The molecule has 0 atom stereocenters. The van der Waals surface area contributed by atoms with Crippen LogP contribution in [0.4, 0.5) is 0 Å². The van der Waals surface area contributed by atoms with E-state index in [1.807, 2.05) is 25.1 Å². The average Bonchev–Trinajstić information content (AvgIpc) is 2.89. The maximum absolute atomic E-state index is 12.7. The number of benzene rings is 3. The number of carbonyl (C=O) groups excluding carboxylic acids is 1. The Morgan fingerprint density at radius 2 is 1.16 bits per heavy atom. The van der Waals surface area contributed by atoms with Gasteiger partial charge in [0.25, 0.3) is 0 Å². The molecule has 0 radical (unpaired) electrons. The van der Waals surface area contributed by atoms with Crippen molar-refractivity contribution in [3.05, 3.63) is 106 Å². The summed E-state index contributed by atoms with van der Waals surface area (Å²) < 4.78 is 6.09. The summed E-state index contributed by atoms with van der Waals surface area (Å²) in [4.78, 5) is 12.7. The van der Waals surface area contributed by atoms with Crippen molar-refractivity contribution in [2.75, 3.05) is 0 Å². The lowest BCUT2D eigenvalue weighted by atomic mass is 9.79. The van der Waals surface area contributed by atoms with E-state index in [1.54, 1.807) is 0 Å². The number of fused-ring (bicyclic) bond motifs is 1. The van der Waals surface area contributed by atoms with Crippen molar-refractivity contribution in [1.82, 2.24) is 0 Å². The molecule has 0 saturated heterocycles. The summed E-state index contributed by atoms with van der Waals surface area (Å²) in [6, 6.07) is 22.4. The van der Waals surface area contributed by atoms with Gasteiger partial charge < -0.3 is 4.74 Å². The van der Waals surface area contributed by atoms with Gasteiger partial charge >= 0.3 is 5.97 Å². The molecule has 1 heterocycles. The fourth-order valence-electron chi connectivity index (χ4n) is 3.56. The van der Waals surface area contributed by atoms with E-state index in [0.717, 1.165) is 22.3 Å². The molecule has 2 nitrogen and oxygen atoms in total. The molecule has 25 heavy (non-hydrogen) atoms. The highest BCUT2D eigenvalue weighted by molar-refractivity contribution is 5.96. The molecular formula is C23H20O2. The van der Waals surface area contributed by atoms with Crippen molar-refractivity contribution in [3.8, 4) is 0 Å². The molecule has 0 fully saturated rings. The third-order valence-corrected chi connectivity index (χ3v) is 4.94. The number of hydrogen-bond acceptors (Lipinski definition) is 2. The normalized spacial score (nSPS) is 14.9. The Morgan fingerprint density at radius 1 is 0.680 bits per heavy atom. The minimum Gasteiger partial charge on any atom is -0.441 e. The quantitative estimate of drug-likeness (QED) is 0.614. The second-order valence-electron chi connectivity index (χ2n) is 6.85. The molecule has 3 aromatic carbocycles. The number of carbonyl (C=O) groups is 1. The highest BCUT2D eigenvalue weighted by atomic mass is 16.6. The van der Waals surface area contributed by atoms with Crippen molar-refractivity contribution in [2.24, 2.45) is 0 Å². The number of esters is 1. The molecule has 0 spiro atoms. The van der Waals surface area contributed by atoms with Crippen LogP contribution in [-0.2, 0) is 10.3 Å². The Hall–Kier alpha value is -2.87. The molecule has 124 valence electrons. The number of hydrogen-bond donors (Lipinski definition) is 0. The van der Waals surface area contributed by atoms with Gasteiger partial charge in [0.15, 0.2) is 5.60 Å². The summed E-state index contributed by atoms with van der Waals surface area (Å²) in [5.41, 5.74) is 6.03. The predicted octanol–water partition coefficient (Wildman–Crippen LogP) is 5.07. The maximum atomic E-state index is 12.7. The molecule has 1 aliphatic heterocycles. The summed E-state index contributed by atoms with van der Waals surface area (Å²) in [5.74, 6) is -0.264. The van der Waals surface area contributed by atoms with Crippen LogP contribution in [0.25, 0.3) is 0 Å². The largest absolute Gasteiger partial charge is 0.441 e. The van der Waals surface area contributed by atoms with E-state index >= 15 is 0 Å². The van der Waals surface area contributed by atoms with Crippen LogP contribution in [0.2, 0.25) is 0 Å². The van der Waals surface area contributed by atoms with E-state index in [-0.39, 0.29) is 5.97 Å². The number of cyclic esters (lactones) is 1. The van der Waals surface area contributed by atoms with Crippen molar-refractivity contribution >= 4 is 5.97 Å². The third kappa shape index (κ3) is 2.37. The van der Waals surface area contributed by atoms with Crippen LogP contribution < -0.4 is 0 Å². The summed E-state index contributed by atoms with van der Waals surface area (Å²) in [7, 11) is 0. The summed E-state index contributed by atoms with van der Waals surface area (Å²) in [5, 5.41) is 0. The standard InChI is InChI=1S/C23H20O2/c1-15-4-9-18(10-5-15)23(19-11-6-16(2)7-12-19)21-13-8-17(3)14-20(21)22(24)25-23/h4-14H,1-3H3. The summed E-state index contributed by atoms with van der Waals surface area (Å²) >= 11 is 0. The highest BCUT2D eigenvalue weighted by Crippen LogP contribution is 2.47. The second-order valence-corrected chi connectivity index (χ2v) is 6.85. The molecule has 3 aromatic rings. The van der Waals surface area contributed by atoms with Crippen LogP contribution in [0.1, 0.15) is 43.7 Å². The average molecular weight is 328 g/mol. The van der Waals surface area contributed by atoms with Crippen molar-refractivity contribution in [3.63, 3.8) is 0 Å². The monoisotopic (exact) mass is 328 g/mol. The van der Waals surface area contributed by atoms with E-state index in [4.69, 9.17) is 4.74 Å². The summed E-state index contributed by atoms with van der Waals surface area (Å²) in [6.07, 6.45) is 0. The number of rotatable bonds is 2. The van der Waals surface area contributed by atoms with E-state index in [2.05, 4.69) is 62.4 Å². The zero-order valence-corrected chi connectivity index (χ0v) is 14.7. The fourth-order valence-corrected chi connectivity index (χ4v) is 3.56. The minimum atomic E-state index is -0.887.